The monoisotopic (exact) mass is 260 g/mol. The molecule has 0 aliphatic heterocycles. The van der Waals surface area contributed by atoms with Crippen molar-refractivity contribution < 1.29 is 0 Å². The normalized spacial score (nSPS) is 10.7. The Balaban J connectivity index is 2.19. The number of nitrogens with one attached hydrogen (secondary N) is 1. The van der Waals surface area contributed by atoms with Gasteiger partial charge in [0.2, 0.25) is 4.77 Å². The Morgan fingerprint density at radius 3 is 2.89 bits per heavy atom. The quantitative estimate of drug-likeness (QED) is 0.679. The lowest BCUT2D eigenvalue weighted by Gasteiger charge is -2.07. The van der Waals surface area contributed by atoms with E-state index >= 15 is 0 Å². The van der Waals surface area contributed by atoms with Gasteiger partial charge < -0.3 is 0 Å². The number of tetrazole rings is 2. The molecule has 3 rings (SSSR count). The van der Waals surface area contributed by atoms with Gasteiger partial charge in [-0.15, -0.1) is 5.10 Å². The second-order valence-corrected chi connectivity index (χ2v) is 4.01. The number of nitrogens with zero attached hydrogens (tertiary/aromatic N) is 7. The van der Waals surface area contributed by atoms with Crippen molar-refractivity contribution in [2.45, 2.75) is 6.92 Å². The summed E-state index contributed by atoms with van der Waals surface area (Å²) in [7, 11) is 0. The molecule has 0 atom stereocenters. The van der Waals surface area contributed by atoms with Crippen LogP contribution in [-0.2, 0) is 0 Å². The molecule has 2 aromatic heterocycles. The van der Waals surface area contributed by atoms with Crippen LogP contribution in [0, 0.1) is 11.7 Å². The highest BCUT2D eigenvalue weighted by Gasteiger charge is 2.07. The van der Waals surface area contributed by atoms with Crippen molar-refractivity contribution in [3.8, 4) is 11.4 Å². The smallest absolute Gasteiger partial charge is 0.209 e. The van der Waals surface area contributed by atoms with Crippen molar-refractivity contribution in [3.63, 3.8) is 0 Å². The predicted octanol–water partition coefficient (Wildman–Crippen LogP) is 0.609. The summed E-state index contributed by atoms with van der Waals surface area (Å²) in [4.78, 5) is 0. The van der Waals surface area contributed by atoms with E-state index in [0.717, 1.165) is 16.9 Å². The largest absolute Gasteiger partial charge is 0.242 e. The Hall–Kier alpha value is -2.42. The number of aromatic amines is 1. The summed E-state index contributed by atoms with van der Waals surface area (Å²) in [6, 6.07) is 5.78. The van der Waals surface area contributed by atoms with Crippen molar-refractivity contribution in [2.75, 3.05) is 0 Å². The molecule has 0 spiro atoms. The number of aryl methyl sites for hydroxylation is 1. The third-order valence-corrected chi connectivity index (χ3v) is 2.78. The van der Waals surface area contributed by atoms with E-state index < -0.39 is 0 Å². The molecule has 0 saturated heterocycles. The number of hydrogen-bond acceptors (Lipinski definition) is 6. The average Bonchev–Trinajstić information content (AvgIpc) is 3.01. The summed E-state index contributed by atoms with van der Waals surface area (Å²) in [5.74, 6) is 0. The molecule has 0 aliphatic carbocycles. The van der Waals surface area contributed by atoms with E-state index in [4.69, 9.17) is 12.2 Å². The fourth-order valence-electron chi connectivity index (χ4n) is 1.62. The second kappa shape index (κ2) is 4.11. The molecule has 1 N–H and O–H groups in total. The van der Waals surface area contributed by atoms with Gasteiger partial charge in [0.05, 0.1) is 11.4 Å². The Morgan fingerprint density at radius 1 is 1.33 bits per heavy atom. The maximum atomic E-state index is 5.08. The highest BCUT2D eigenvalue weighted by molar-refractivity contribution is 7.71. The van der Waals surface area contributed by atoms with Gasteiger partial charge in [-0.05, 0) is 47.3 Å². The lowest BCUT2D eigenvalue weighted by Crippen LogP contribution is -2.03. The predicted molar refractivity (Wildman–Crippen MR) is 64.0 cm³/mol. The van der Waals surface area contributed by atoms with Gasteiger partial charge in [-0.3, -0.25) is 0 Å². The van der Waals surface area contributed by atoms with Crippen molar-refractivity contribution in [3.05, 3.63) is 34.9 Å². The molecule has 0 saturated carbocycles. The third-order valence-electron chi connectivity index (χ3n) is 2.52. The van der Waals surface area contributed by atoms with Crippen LogP contribution in [0.1, 0.15) is 5.56 Å². The fourth-order valence-corrected chi connectivity index (χ4v) is 1.80. The van der Waals surface area contributed by atoms with Crippen molar-refractivity contribution in [1.29, 1.82) is 0 Å². The Kier molecular flexibility index (Phi) is 2.45. The van der Waals surface area contributed by atoms with E-state index in [9.17, 15) is 0 Å². The number of aromatic nitrogens is 8. The molecule has 9 heteroatoms. The van der Waals surface area contributed by atoms with E-state index in [1.807, 2.05) is 25.1 Å². The van der Waals surface area contributed by atoms with Crippen molar-refractivity contribution in [1.82, 2.24) is 40.4 Å². The molecule has 0 aliphatic rings. The molecule has 3 aromatic rings. The Morgan fingerprint density at radius 2 is 2.22 bits per heavy atom. The van der Waals surface area contributed by atoms with Gasteiger partial charge in [-0.25, -0.2) is 9.36 Å². The summed E-state index contributed by atoms with van der Waals surface area (Å²) in [6.07, 6.45) is 1.53. The van der Waals surface area contributed by atoms with Gasteiger partial charge in [0, 0.05) is 0 Å². The lowest BCUT2D eigenvalue weighted by molar-refractivity contribution is 0.769. The van der Waals surface area contributed by atoms with Gasteiger partial charge >= 0.3 is 0 Å². The van der Waals surface area contributed by atoms with Crippen LogP contribution < -0.4 is 0 Å². The molecular formula is C9H8N8S. The van der Waals surface area contributed by atoms with E-state index in [1.165, 1.54) is 6.33 Å². The molecule has 90 valence electrons. The van der Waals surface area contributed by atoms with Gasteiger partial charge in [0.25, 0.3) is 0 Å². The minimum Gasteiger partial charge on any atom is -0.209 e. The zero-order chi connectivity index (χ0) is 12.5. The summed E-state index contributed by atoms with van der Waals surface area (Å²) < 4.78 is 3.56. The second-order valence-electron chi connectivity index (χ2n) is 3.64. The molecule has 18 heavy (non-hydrogen) atoms. The zero-order valence-corrected chi connectivity index (χ0v) is 10.2. The van der Waals surface area contributed by atoms with Crippen LogP contribution in [0.25, 0.3) is 11.4 Å². The first-order valence-corrected chi connectivity index (χ1v) is 5.51. The lowest BCUT2D eigenvalue weighted by atomic mass is 10.2. The standard InChI is InChI=1S/C9H8N8S/c1-6-2-3-7(16-5-10-12-14-16)4-8(6)17-9(18)11-13-15-17/h2-5H,1H3,(H,11,15,18). The third kappa shape index (κ3) is 1.70. The number of hydrogen-bond donors (Lipinski definition) is 1. The maximum absolute atomic E-state index is 5.08. The van der Waals surface area contributed by atoms with Crippen LogP contribution in [0.4, 0.5) is 0 Å². The van der Waals surface area contributed by atoms with E-state index in [0.29, 0.717) is 4.77 Å². The maximum Gasteiger partial charge on any atom is 0.242 e. The van der Waals surface area contributed by atoms with Crippen LogP contribution in [0.2, 0.25) is 0 Å². The highest BCUT2D eigenvalue weighted by Crippen LogP contribution is 2.17. The molecule has 0 fully saturated rings. The van der Waals surface area contributed by atoms with Crippen LogP contribution in [0.15, 0.2) is 24.5 Å². The Labute approximate surface area is 106 Å². The van der Waals surface area contributed by atoms with Crippen LogP contribution in [-0.4, -0.2) is 40.4 Å². The molecular weight excluding hydrogens is 252 g/mol. The zero-order valence-electron chi connectivity index (χ0n) is 9.35. The van der Waals surface area contributed by atoms with Crippen LogP contribution >= 0.6 is 12.2 Å². The van der Waals surface area contributed by atoms with Crippen LogP contribution in [0.3, 0.4) is 0 Å². The number of rotatable bonds is 2. The first-order chi connectivity index (χ1) is 8.75. The molecule has 0 unspecified atom stereocenters. The van der Waals surface area contributed by atoms with Crippen molar-refractivity contribution in [2.24, 2.45) is 0 Å². The number of benzene rings is 1. The fraction of sp³-hybridized carbons (Fsp3) is 0.111. The minimum absolute atomic E-state index is 0.368. The van der Waals surface area contributed by atoms with E-state index in [1.54, 1.807) is 9.36 Å². The summed E-state index contributed by atoms with van der Waals surface area (Å²) in [5, 5.41) is 21.2. The van der Waals surface area contributed by atoms with Crippen LogP contribution in [0.5, 0.6) is 0 Å². The SMILES string of the molecule is Cc1ccc(-n2cnnn2)cc1-n1[nH]nnc1=S. The molecule has 1 aromatic carbocycles. The van der Waals surface area contributed by atoms with E-state index in [2.05, 4.69) is 31.1 Å². The first-order valence-electron chi connectivity index (χ1n) is 5.10. The Bertz CT molecular complexity index is 725. The van der Waals surface area contributed by atoms with Gasteiger partial charge in [0.1, 0.15) is 6.33 Å². The summed E-state index contributed by atoms with van der Waals surface area (Å²) in [6.45, 7) is 1.97. The summed E-state index contributed by atoms with van der Waals surface area (Å²) >= 11 is 5.08. The molecule has 0 amide bonds. The molecule has 8 nitrogen and oxygen atoms in total. The molecule has 2 heterocycles. The minimum atomic E-state index is 0.368. The van der Waals surface area contributed by atoms with E-state index in [-0.39, 0.29) is 0 Å². The topological polar surface area (TPSA) is 90.1 Å². The van der Waals surface area contributed by atoms with Crippen molar-refractivity contribution >= 4 is 12.2 Å². The molecule has 0 radical (unpaired) electrons. The summed E-state index contributed by atoms with van der Waals surface area (Å²) in [5.41, 5.74) is 2.73. The average molecular weight is 260 g/mol. The van der Waals surface area contributed by atoms with Gasteiger partial charge in [-0.1, -0.05) is 16.4 Å². The van der Waals surface area contributed by atoms with Gasteiger partial charge in [-0.2, -0.15) is 5.21 Å². The highest BCUT2D eigenvalue weighted by atomic mass is 32.1. The number of H-pyrrole nitrogens is 1. The first kappa shape index (κ1) is 10.7. The van der Waals surface area contributed by atoms with Gasteiger partial charge in [0.15, 0.2) is 0 Å². The molecule has 0 bridgehead atoms.